The average molecular weight is 224 g/mol. The van der Waals surface area contributed by atoms with E-state index < -0.39 is 0 Å². The van der Waals surface area contributed by atoms with Gasteiger partial charge in [-0.05, 0) is 6.26 Å². The van der Waals surface area contributed by atoms with Crippen LogP contribution in [0, 0.1) is 0 Å². The molecule has 0 aliphatic carbocycles. The van der Waals surface area contributed by atoms with Crippen LogP contribution in [0.25, 0.3) is 11.2 Å². The van der Waals surface area contributed by atoms with Gasteiger partial charge in [0.15, 0.2) is 11.5 Å². The minimum atomic E-state index is 0.186. The highest BCUT2D eigenvalue weighted by atomic mass is 32.2. The number of anilines is 2. The zero-order valence-electron chi connectivity index (χ0n) is 8.34. The summed E-state index contributed by atoms with van der Waals surface area (Å²) >= 11 is 1.76. The number of hydrogen-bond acceptors (Lipinski definition) is 6. The topological polar surface area (TPSA) is 95.6 Å². The van der Waals surface area contributed by atoms with Gasteiger partial charge < -0.3 is 16.0 Å². The Morgan fingerprint density at radius 3 is 2.93 bits per heavy atom. The van der Waals surface area contributed by atoms with Gasteiger partial charge in [0.25, 0.3) is 0 Å². The molecule has 0 unspecified atom stereocenters. The Hall–Kier alpha value is -1.50. The molecule has 0 radical (unpaired) electrons. The van der Waals surface area contributed by atoms with E-state index in [1.54, 1.807) is 18.1 Å². The van der Waals surface area contributed by atoms with E-state index in [0.29, 0.717) is 17.0 Å². The standard InChI is InChI=1S/C8H12N6S/c1-15-3-2-14-4-11-5-6(9)12-8(10)13-7(5)14/h4H,2-3H2,1H3,(H4,9,10,12,13). The van der Waals surface area contributed by atoms with Gasteiger partial charge in [0.1, 0.15) is 5.52 Å². The molecular formula is C8H12N6S. The van der Waals surface area contributed by atoms with Crippen LogP contribution in [0.15, 0.2) is 6.33 Å². The molecular weight excluding hydrogens is 212 g/mol. The third kappa shape index (κ3) is 1.82. The maximum absolute atomic E-state index is 5.69. The summed E-state index contributed by atoms with van der Waals surface area (Å²) in [6, 6.07) is 0. The number of aryl methyl sites for hydroxylation is 1. The van der Waals surface area contributed by atoms with Crippen LogP contribution in [0.4, 0.5) is 11.8 Å². The molecule has 0 aliphatic rings. The van der Waals surface area contributed by atoms with E-state index in [0.717, 1.165) is 12.3 Å². The predicted molar refractivity (Wildman–Crippen MR) is 62.5 cm³/mol. The quantitative estimate of drug-likeness (QED) is 0.781. The van der Waals surface area contributed by atoms with Crippen LogP contribution in [0.2, 0.25) is 0 Å². The van der Waals surface area contributed by atoms with Crippen molar-refractivity contribution in [3.8, 4) is 0 Å². The van der Waals surface area contributed by atoms with Gasteiger partial charge in [-0.1, -0.05) is 0 Å². The van der Waals surface area contributed by atoms with Crippen molar-refractivity contribution in [3.05, 3.63) is 6.33 Å². The highest BCUT2D eigenvalue weighted by molar-refractivity contribution is 7.98. The summed E-state index contributed by atoms with van der Waals surface area (Å²) in [5.41, 5.74) is 12.5. The number of fused-ring (bicyclic) bond motifs is 1. The number of nitrogens with two attached hydrogens (primary N) is 2. The average Bonchev–Trinajstić information content (AvgIpc) is 2.58. The molecule has 2 rings (SSSR count). The molecule has 0 amide bonds. The Bertz CT molecular complexity index is 479. The second kappa shape index (κ2) is 3.93. The van der Waals surface area contributed by atoms with Crippen LogP contribution in [0.1, 0.15) is 0 Å². The van der Waals surface area contributed by atoms with E-state index in [-0.39, 0.29) is 5.95 Å². The summed E-state index contributed by atoms with van der Waals surface area (Å²) in [6.45, 7) is 0.841. The first kappa shape index (κ1) is 10.0. The number of nitrogen functional groups attached to an aromatic ring is 2. The fourth-order valence-electron chi connectivity index (χ4n) is 1.34. The molecule has 7 heteroatoms. The number of aromatic nitrogens is 4. The predicted octanol–water partition coefficient (Wildman–Crippen LogP) is 0.354. The first-order valence-electron chi connectivity index (χ1n) is 4.45. The van der Waals surface area contributed by atoms with Gasteiger partial charge in [-0.2, -0.15) is 21.7 Å². The van der Waals surface area contributed by atoms with Crippen LogP contribution < -0.4 is 11.5 Å². The van der Waals surface area contributed by atoms with E-state index in [1.165, 1.54) is 0 Å². The molecule has 0 saturated carbocycles. The summed E-state index contributed by atoms with van der Waals surface area (Å²) < 4.78 is 1.93. The van der Waals surface area contributed by atoms with E-state index in [1.807, 2.05) is 4.57 Å². The monoisotopic (exact) mass is 224 g/mol. The molecule has 2 aromatic heterocycles. The molecule has 0 fully saturated rings. The highest BCUT2D eigenvalue weighted by Gasteiger charge is 2.09. The van der Waals surface area contributed by atoms with Gasteiger partial charge in [0, 0.05) is 12.3 Å². The van der Waals surface area contributed by atoms with Gasteiger partial charge in [-0.25, -0.2) is 4.98 Å². The Kier molecular flexibility index (Phi) is 2.63. The zero-order valence-corrected chi connectivity index (χ0v) is 9.16. The molecule has 0 bridgehead atoms. The lowest BCUT2D eigenvalue weighted by atomic mass is 10.5. The lowest BCUT2D eigenvalue weighted by molar-refractivity contribution is 0.787. The fraction of sp³-hybridized carbons (Fsp3) is 0.375. The molecule has 2 aromatic rings. The molecule has 0 spiro atoms. The highest BCUT2D eigenvalue weighted by Crippen LogP contribution is 2.16. The van der Waals surface area contributed by atoms with Gasteiger partial charge in [0.2, 0.25) is 5.95 Å². The van der Waals surface area contributed by atoms with E-state index >= 15 is 0 Å². The Balaban J connectivity index is 2.49. The fourth-order valence-corrected chi connectivity index (χ4v) is 1.72. The molecule has 6 nitrogen and oxygen atoms in total. The van der Waals surface area contributed by atoms with Crippen LogP contribution in [0.5, 0.6) is 0 Å². The smallest absolute Gasteiger partial charge is 0.224 e. The van der Waals surface area contributed by atoms with Crippen molar-refractivity contribution in [2.45, 2.75) is 6.54 Å². The zero-order chi connectivity index (χ0) is 10.8. The molecule has 0 saturated heterocycles. The van der Waals surface area contributed by atoms with Gasteiger partial charge in [0.05, 0.1) is 6.33 Å². The summed E-state index contributed by atoms with van der Waals surface area (Å²) in [4.78, 5) is 12.1. The third-order valence-electron chi connectivity index (χ3n) is 2.04. The molecule has 4 N–H and O–H groups in total. The van der Waals surface area contributed by atoms with E-state index in [2.05, 4.69) is 21.2 Å². The summed E-state index contributed by atoms with van der Waals surface area (Å²) in [5, 5.41) is 0. The van der Waals surface area contributed by atoms with Gasteiger partial charge in [-0.3, -0.25) is 0 Å². The second-order valence-corrected chi connectivity index (χ2v) is 4.06. The van der Waals surface area contributed by atoms with E-state index in [9.17, 15) is 0 Å². The molecule has 80 valence electrons. The number of hydrogen-bond donors (Lipinski definition) is 2. The van der Waals surface area contributed by atoms with Crippen LogP contribution in [0.3, 0.4) is 0 Å². The van der Waals surface area contributed by atoms with Crippen molar-refractivity contribution in [3.63, 3.8) is 0 Å². The van der Waals surface area contributed by atoms with E-state index in [4.69, 9.17) is 11.5 Å². The Morgan fingerprint density at radius 2 is 2.20 bits per heavy atom. The Morgan fingerprint density at radius 1 is 1.40 bits per heavy atom. The second-order valence-electron chi connectivity index (χ2n) is 3.07. The molecule has 0 aliphatic heterocycles. The van der Waals surface area contributed by atoms with Crippen molar-refractivity contribution < 1.29 is 0 Å². The lowest BCUT2D eigenvalue weighted by Gasteiger charge is -2.02. The lowest BCUT2D eigenvalue weighted by Crippen LogP contribution is -2.04. The maximum Gasteiger partial charge on any atom is 0.224 e. The van der Waals surface area contributed by atoms with Crippen molar-refractivity contribution in [2.24, 2.45) is 0 Å². The molecule has 0 aromatic carbocycles. The first-order chi connectivity index (χ1) is 7.22. The maximum atomic E-state index is 5.69. The van der Waals surface area contributed by atoms with Crippen LogP contribution >= 0.6 is 11.8 Å². The molecule has 15 heavy (non-hydrogen) atoms. The van der Waals surface area contributed by atoms with Crippen molar-refractivity contribution in [1.29, 1.82) is 0 Å². The molecule has 0 atom stereocenters. The van der Waals surface area contributed by atoms with Crippen molar-refractivity contribution >= 4 is 34.7 Å². The van der Waals surface area contributed by atoms with Crippen molar-refractivity contribution in [1.82, 2.24) is 19.5 Å². The Labute approximate surface area is 91.1 Å². The number of nitrogens with zero attached hydrogens (tertiary/aromatic N) is 4. The van der Waals surface area contributed by atoms with Gasteiger partial charge >= 0.3 is 0 Å². The summed E-state index contributed by atoms with van der Waals surface area (Å²) in [7, 11) is 0. The minimum Gasteiger partial charge on any atom is -0.382 e. The number of imidazole rings is 1. The van der Waals surface area contributed by atoms with Gasteiger partial charge in [-0.15, -0.1) is 0 Å². The van der Waals surface area contributed by atoms with Crippen LogP contribution in [-0.2, 0) is 6.54 Å². The van der Waals surface area contributed by atoms with Crippen molar-refractivity contribution in [2.75, 3.05) is 23.5 Å². The summed E-state index contributed by atoms with van der Waals surface area (Å²) in [6.07, 6.45) is 3.77. The largest absolute Gasteiger partial charge is 0.382 e. The molecule has 2 heterocycles. The normalized spacial score (nSPS) is 11.0. The first-order valence-corrected chi connectivity index (χ1v) is 5.84. The number of rotatable bonds is 3. The SMILES string of the molecule is CSCCn1cnc2c(N)nc(N)nc21. The van der Waals surface area contributed by atoms with Crippen LogP contribution in [-0.4, -0.2) is 31.5 Å². The number of thioether (sulfide) groups is 1. The summed E-state index contributed by atoms with van der Waals surface area (Å²) in [5.74, 6) is 1.52. The third-order valence-corrected chi connectivity index (χ3v) is 2.64. The minimum absolute atomic E-state index is 0.186.